The zero-order valence-corrected chi connectivity index (χ0v) is 16.2. The van der Waals surface area contributed by atoms with Crippen LogP contribution in [0.3, 0.4) is 0 Å². The van der Waals surface area contributed by atoms with Crippen molar-refractivity contribution in [3.05, 3.63) is 48.2 Å². The summed E-state index contributed by atoms with van der Waals surface area (Å²) in [7, 11) is -3.63. The van der Waals surface area contributed by atoms with E-state index in [2.05, 4.69) is 28.9 Å². The fourth-order valence-electron chi connectivity index (χ4n) is 3.25. The lowest BCUT2D eigenvalue weighted by Gasteiger charge is -2.23. The summed E-state index contributed by atoms with van der Waals surface area (Å²) in [4.78, 5) is 4.49. The van der Waals surface area contributed by atoms with Gasteiger partial charge in [0, 0.05) is 6.04 Å². The molecule has 1 saturated carbocycles. The minimum Gasteiger partial charge on any atom is -0.381 e. The lowest BCUT2D eigenvalue weighted by atomic mass is 9.95. The summed E-state index contributed by atoms with van der Waals surface area (Å²) in [6.45, 7) is 4.16. The van der Waals surface area contributed by atoms with Crippen LogP contribution in [-0.2, 0) is 10.0 Å². The molecule has 0 amide bonds. The first-order valence-electron chi connectivity index (χ1n) is 9.29. The number of nitrogens with zero attached hydrogens (tertiary/aromatic N) is 1. The summed E-state index contributed by atoms with van der Waals surface area (Å²) in [6, 6.07) is 11.0. The Morgan fingerprint density at radius 3 is 2.27 bits per heavy atom. The van der Waals surface area contributed by atoms with E-state index in [-0.39, 0.29) is 4.90 Å². The van der Waals surface area contributed by atoms with Crippen LogP contribution in [0.25, 0.3) is 0 Å². The smallest absolute Gasteiger partial charge is 0.263 e. The number of aromatic nitrogens is 1. The van der Waals surface area contributed by atoms with E-state index in [4.69, 9.17) is 0 Å². The van der Waals surface area contributed by atoms with Crippen LogP contribution in [0.1, 0.15) is 57.4 Å². The average Bonchev–Trinajstić information content (AvgIpc) is 2.64. The summed E-state index contributed by atoms with van der Waals surface area (Å²) >= 11 is 0. The molecule has 0 unspecified atom stereocenters. The minimum absolute atomic E-state index is 0.244. The van der Waals surface area contributed by atoms with Gasteiger partial charge in [-0.25, -0.2) is 13.4 Å². The summed E-state index contributed by atoms with van der Waals surface area (Å²) in [5, 5.41) is 3.48. The van der Waals surface area contributed by atoms with Crippen LogP contribution in [0.2, 0.25) is 0 Å². The Morgan fingerprint density at radius 2 is 1.69 bits per heavy atom. The molecular weight excluding hydrogens is 346 g/mol. The summed E-state index contributed by atoms with van der Waals surface area (Å²) in [6.07, 6.45) is 7.89. The van der Waals surface area contributed by atoms with E-state index in [1.165, 1.54) is 32.1 Å². The van der Waals surface area contributed by atoms with E-state index in [0.717, 1.165) is 11.3 Å². The highest BCUT2D eigenvalue weighted by molar-refractivity contribution is 7.92. The van der Waals surface area contributed by atoms with Crippen molar-refractivity contribution in [2.24, 2.45) is 0 Å². The second-order valence-electron chi connectivity index (χ2n) is 7.24. The highest BCUT2D eigenvalue weighted by Gasteiger charge is 2.16. The zero-order chi connectivity index (χ0) is 18.6. The Kier molecular flexibility index (Phi) is 5.81. The van der Waals surface area contributed by atoms with Crippen molar-refractivity contribution in [2.45, 2.75) is 62.8 Å². The lowest BCUT2D eigenvalue weighted by molar-refractivity contribution is 0.462. The Hall–Kier alpha value is -2.08. The van der Waals surface area contributed by atoms with Crippen molar-refractivity contribution < 1.29 is 8.42 Å². The largest absolute Gasteiger partial charge is 0.381 e. The normalized spacial score (nSPS) is 15.8. The molecule has 1 aromatic heterocycles. The van der Waals surface area contributed by atoms with Crippen LogP contribution in [-0.4, -0.2) is 19.4 Å². The van der Waals surface area contributed by atoms with Gasteiger partial charge >= 0.3 is 0 Å². The maximum Gasteiger partial charge on any atom is 0.263 e. The average molecular weight is 374 g/mol. The van der Waals surface area contributed by atoms with Crippen LogP contribution in [0.15, 0.2) is 47.5 Å². The first-order valence-corrected chi connectivity index (χ1v) is 10.8. The molecule has 1 aliphatic carbocycles. The fraction of sp³-hybridized carbons (Fsp3) is 0.450. The van der Waals surface area contributed by atoms with Crippen LogP contribution in [0.4, 0.5) is 11.5 Å². The molecule has 1 fully saturated rings. The van der Waals surface area contributed by atoms with Gasteiger partial charge in [-0.3, -0.25) is 4.72 Å². The van der Waals surface area contributed by atoms with Crippen molar-refractivity contribution in [1.82, 2.24) is 4.98 Å². The molecule has 2 aromatic rings. The number of benzene rings is 1. The van der Waals surface area contributed by atoms with Crippen molar-refractivity contribution in [3.8, 4) is 0 Å². The number of sulfonamides is 1. The molecule has 0 spiro atoms. The fourth-order valence-corrected chi connectivity index (χ4v) is 4.26. The first kappa shape index (κ1) is 18.7. The van der Waals surface area contributed by atoms with Gasteiger partial charge in [-0.05, 0) is 48.6 Å². The third-order valence-electron chi connectivity index (χ3n) is 4.84. The third kappa shape index (κ3) is 4.75. The van der Waals surface area contributed by atoms with E-state index in [1.807, 2.05) is 18.2 Å². The van der Waals surface area contributed by atoms with E-state index in [1.54, 1.807) is 24.4 Å². The maximum absolute atomic E-state index is 12.5. The Balaban J connectivity index is 1.65. The van der Waals surface area contributed by atoms with Crippen LogP contribution in [0, 0.1) is 0 Å². The van der Waals surface area contributed by atoms with Gasteiger partial charge in [-0.1, -0.05) is 45.2 Å². The minimum atomic E-state index is -3.63. The summed E-state index contributed by atoms with van der Waals surface area (Å²) in [5.41, 5.74) is 2.04. The molecule has 0 bridgehead atoms. The van der Waals surface area contributed by atoms with Crippen molar-refractivity contribution in [3.63, 3.8) is 0 Å². The van der Waals surface area contributed by atoms with Gasteiger partial charge in [-0.15, -0.1) is 0 Å². The maximum atomic E-state index is 12.5. The highest BCUT2D eigenvalue weighted by atomic mass is 32.2. The van der Waals surface area contributed by atoms with Gasteiger partial charge < -0.3 is 5.32 Å². The predicted octanol–water partition coefficient (Wildman–Crippen LogP) is 4.75. The predicted molar refractivity (Wildman–Crippen MR) is 106 cm³/mol. The van der Waals surface area contributed by atoms with E-state index < -0.39 is 10.0 Å². The van der Waals surface area contributed by atoms with Gasteiger partial charge in [0.05, 0.1) is 16.8 Å². The number of anilines is 2. The molecule has 5 nitrogen and oxygen atoms in total. The molecule has 26 heavy (non-hydrogen) atoms. The van der Waals surface area contributed by atoms with Crippen molar-refractivity contribution >= 4 is 21.5 Å². The van der Waals surface area contributed by atoms with Gasteiger partial charge in [0.25, 0.3) is 10.0 Å². The first-order chi connectivity index (χ1) is 12.4. The molecule has 0 aliphatic heterocycles. The number of hydrogen-bond acceptors (Lipinski definition) is 4. The van der Waals surface area contributed by atoms with Crippen molar-refractivity contribution in [2.75, 3.05) is 10.0 Å². The van der Waals surface area contributed by atoms with Crippen molar-refractivity contribution in [1.29, 1.82) is 0 Å². The topological polar surface area (TPSA) is 71.1 Å². The van der Waals surface area contributed by atoms with Crippen LogP contribution < -0.4 is 10.0 Å². The molecule has 0 atom stereocenters. The molecule has 140 valence electrons. The molecule has 6 heteroatoms. The number of nitrogens with one attached hydrogen (secondary N) is 2. The molecule has 2 N–H and O–H groups in total. The van der Waals surface area contributed by atoms with E-state index in [9.17, 15) is 8.42 Å². The van der Waals surface area contributed by atoms with Gasteiger partial charge in [0.1, 0.15) is 5.82 Å². The molecular formula is C20H27N3O2S. The summed E-state index contributed by atoms with van der Waals surface area (Å²) in [5.74, 6) is 0.692. The highest BCUT2D eigenvalue weighted by Crippen LogP contribution is 2.23. The monoisotopic (exact) mass is 373 g/mol. The van der Waals surface area contributed by atoms with Gasteiger partial charge in [0.15, 0.2) is 0 Å². The molecule has 1 aliphatic rings. The Morgan fingerprint density at radius 1 is 1.00 bits per heavy atom. The van der Waals surface area contributed by atoms with E-state index >= 15 is 0 Å². The number of rotatable bonds is 6. The third-order valence-corrected chi connectivity index (χ3v) is 6.21. The molecule has 3 rings (SSSR count). The standard InChI is InChI=1S/C20H27N3O2S/c1-15(2)16-8-11-19(12-9-16)26(24,25)23-20-13-10-18(14-21-20)22-17-6-4-3-5-7-17/h8-15,17,22H,3-7H2,1-2H3,(H,21,23). The Bertz CT molecular complexity index is 809. The lowest BCUT2D eigenvalue weighted by Crippen LogP contribution is -2.22. The van der Waals surface area contributed by atoms with Crippen LogP contribution in [0.5, 0.6) is 0 Å². The second-order valence-corrected chi connectivity index (χ2v) is 8.92. The van der Waals surface area contributed by atoms with Gasteiger partial charge in [0.2, 0.25) is 0 Å². The SMILES string of the molecule is CC(C)c1ccc(S(=O)(=O)Nc2ccc(NC3CCCCC3)cn2)cc1. The molecule has 0 saturated heterocycles. The summed E-state index contributed by atoms with van der Waals surface area (Å²) < 4.78 is 27.6. The van der Waals surface area contributed by atoms with E-state index in [0.29, 0.717) is 17.8 Å². The van der Waals surface area contributed by atoms with Gasteiger partial charge in [-0.2, -0.15) is 0 Å². The molecule has 0 radical (unpaired) electrons. The van der Waals surface area contributed by atoms with Crippen LogP contribution >= 0.6 is 0 Å². The molecule has 1 heterocycles. The Labute approximate surface area is 156 Å². The molecule has 1 aromatic carbocycles. The second kappa shape index (κ2) is 8.08. The quantitative estimate of drug-likeness (QED) is 0.766. The zero-order valence-electron chi connectivity index (χ0n) is 15.4. The number of hydrogen-bond donors (Lipinski definition) is 2. The number of pyridine rings is 1.